The molecule has 0 saturated carbocycles. The molecule has 3 rings (SSSR count). The van der Waals surface area contributed by atoms with Crippen LogP contribution in [0, 0.1) is 12.7 Å². The van der Waals surface area contributed by atoms with E-state index in [2.05, 4.69) is 5.16 Å². The molecule has 1 aromatic heterocycles. The molecule has 1 heterocycles. The molecule has 0 saturated heterocycles. The second-order valence-electron chi connectivity index (χ2n) is 5.26. The lowest BCUT2D eigenvalue weighted by Gasteiger charge is -2.17. The minimum absolute atomic E-state index is 0.0563. The van der Waals surface area contributed by atoms with Crippen molar-refractivity contribution in [3.8, 4) is 11.3 Å². The zero-order valence-electron chi connectivity index (χ0n) is 13.1. The van der Waals surface area contributed by atoms with Crippen LogP contribution >= 0.6 is 11.6 Å². The molecule has 0 aliphatic heterocycles. The summed E-state index contributed by atoms with van der Waals surface area (Å²) in [4.78, 5) is 14.4. The molecule has 3 aromatic rings. The minimum atomic E-state index is -0.563. The topological polar surface area (TPSA) is 46.3 Å². The number of para-hydroxylation sites is 1. The number of hydrogen-bond donors (Lipinski definition) is 0. The van der Waals surface area contributed by atoms with E-state index < -0.39 is 5.82 Å². The molecule has 0 radical (unpaired) electrons. The van der Waals surface area contributed by atoms with Gasteiger partial charge in [0.15, 0.2) is 0 Å². The fourth-order valence-corrected chi connectivity index (χ4v) is 2.71. The highest BCUT2D eigenvalue weighted by Gasteiger charge is 2.27. The fraction of sp³-hybridized carbons (Fsp3) is 0.111. The molecule has 0 unspecified atom stereocenters. The molecule has 0 bridgehead atoms. The van der Waals surface area contributed by atoms with Crippen molar-refractivity contribution in [2.75, 3.05) is 11.9 Å². The van der Waals surface area contributed by atoms with Crippen LogP contribution in [0.15, 0.2) is 53.1 Å². The van der Waals surface area contributed by atoms with Gasteiger partial charge in [-0.1, -0.05) is 41.0 Å². The quantitative estimate of drug-likeness (QED) is 0.690. The van der Waals surface area contributed by atoms with Crippen molar-refractivity contribution in [2.45, 2.75) is 6.92 Å². The number of aromatic nitrogens is 1. The molecule has 2 aromatic carbocycles. The SMILES string of the molecule is Cc1onc(-c2c(F)cccc2Cl)c1C(=O)N(C)c1ccccc1. The molecular weight excluding hydrogens is 331 g/mol. The third-order valence-corrected chi connectivity index (χ3v) is 4.04. The zero-order chi connectivity index (χ0) is 17.3. The highest BCUT2D eigenvalue weighted by atomic mass is 35.5. The van der Waals surface area contributed by atoms with Gasteiger partial charge >= 0.3 is 0 Å². The van der Waals surface area contributed by atoms with Crippen LogP contribution in [-0.2, 0) is 0 Å². The monoisotopic (exact) mass is 344 g/mol. The van der Waals surface area contributed by atoms with Crippen LogP contribution in [0.25, 0.3) is 11.3 Å². The number of benzene rings is 2. The molecule has 6 heteroatoms. The Kier molecular flexibility index (Phi) is 4.36. The van der Waals surface area contributed by atoms with E-state index in [1.807, 2.05) is 18.2 Å². The maximum Gasteiger partial charge on any atom is 0.263 e. The molecule has 0 aliphatic rings. The molecule has 0 aliphatic carbocycles. The van der Waals surface area contributed by atoms with Gasteiger partial charge in [0, 0.05) is 12.7 Å². The molecular formula is C18H14ClFN2O2. The summed E-state index contributed by atoms with van der Waals surface area (Å²) in [5.74, 6) is -0.612. The lowest BCUT2D eigenvalue weighted by Crippen LogP contribution is -2.27. The Morgan fingerprint density at radius 2 is 1.88 bits per heavy atom. The van der Waals surface area contributed by atoms with Crippen molar-refractivity contribution < 1.29 is 13.7 Å². The molecule has 4 nitrogen and oxygen atoms in total. The maximum atomic E-state index is 14.2. The standard InChI is InChI=1S/C18H14ClFN2O2/c1-11-15(18(23)22(2)12-7-4-3-5-8-12)17(21-24-11)16-13(19)9-6-10-14(16)20/h3-10H,1-2H3. The smallest absolute Gasteiger partial charge is 0.263 e. The van der Waals surface area contributed by atoms with Gasteiger partial charge in [-0.25, -0.2) is 4.39 Å². The minimum Gasteiger partial charge on any atom is -0.360 e. The van der Waals surface area contributed by atoms with E-state index in [0.717, 1.165) is 0 Å². The number of aryl methyl sites for hydroxylation is 1. The third-order valence-electron chi connectivity index (χ3n) is 3.72. The number of nitrogens with zero attached hydrogens (tertiary/aromatic N) is 2. The van der Waals surface area contributed by atoms with Crippen LogP contribution in [0.4, 0.5) is 10.1 Å². The van der Waals surface area contributed by atoms with Gasteiger partial charge in [-0.15, -0.1) is 0 Å². The average molecular weight is 345 g/mol. The molecule has 0 N–H and O–H groups in total. The van der Waals surface area contributed by atoms with Gasteiger partial charge < -0.3 is 9.42 Å². The van der Waals surface area contributed by atoms with Crippen LogP contribution in [-0.4, -0.2) is 18.1 Å². The Morgan fingerprint density at radius 3 is 2.54 bits per heavy atom. The van der Waals surface area contributed by atoms with Crippen LogP contribution in [0.2, 0.25) is 5.02 Å². The van der Waals surface area contributed by atoms with E-state index >= 15 is 0 Å². The number of carbonyl (C=O) groups excluding carboxylic acids is 1. The van der Waals surface area contributed by atoms with Gasteiger partial charge in [0.1, 0.15) is 22.8 Å². The summed E-state index contributed by atoms with van der Waals surface area (Å²) in [6.45, 7) is 1.61. The lowest BCUT2D eigenvalue weighted by molar-refractivity contribution is 0.0992. The van der Waals surface area contributed by atoms with Gasteiger partial charge in [0.25, 0.3) is 5.91 Å². The molecule has 1 amide bonds. The normalized spacial score (nSPS) is 10.7. The molecule has 0 fully saturated rings. The number of rotatable bonds is 3. The summed E-state index contributed by atoms with van der Waals surface area (Å²) in [5.41, 5.74) is 1.05. The van der Waals surface area contributed by atoms with Crippen LogP contribution in [0.5, 0.6) is 0 Å². The summed E-state index contributed by atoms with van der Waals surface area (Å²) < 4.78 is 19.4. The number of hydrogen-bond acceptors (Lipinski definition) is 3. The van der Waals surface area contributed by atoms with E-state index in [-0.39, 0.29) is 27.8 Å². The largest absolute Gasteiger partial charge is 0.360 e. The van der Waals surface area contributed by atoms with Gasteiger partial charge in [-0.3, -0.25) is 4.79 Å². The number of anilines is 1. The second kappa shape index (κ2) is 6.45. The van der Waals surface area contributed by atoms with Crippen molar-refractivity contribution >= 4 is 23.2 Å². The third kappa shape index (κ3) is 2.78. The predicted octanol–water partition coefficient (Wildman–Crippen LogP) is 4.72. The summed E-state index contributed by atoms with van der Waals surface area (Å²) >= 11 is 6.10. The van der Waals surface area contributed by atoms with E-state index in [1.54, 1.807) is 32.2 Å². The first-order chi connectivity index (χ1) is 11.5. The van der Waals surface area contributed by atoms with Gasteiger partial charge in [-0.05, 0) is 31.2 Å². The first-order valence-corrected chi connectivity index (χ1v) is 7.62. The first-order valence-electron chi connectivity index (χ1n) is 7.24. The Hall–Kier alpha value is -2.66. The van der Waals surface area contributed by atoms with Crippen LogP contribution in [0.1, 0.15) is 16.1 Å². The van der Waals surface area contributed by atoms with Crippen molar-refractivity contribution in [3.63, 3.8) is 0 Å². The van der Waals surface area contributed by atoms with Gasteiger partial charge in [0.05, 0.1) is 10.6 Å². The first kappa shape index (κ1) is 16.2. The number of amides is 1. The van der Waals surface area contributed by atoms with E-state index in [1.165, 1.54) is 17.0 Å². The summed E-state index contributed by atoms with van der Waals surface area (Å²) in [5, 5.41) is 4.02. The molecule has 122 valence electrons. The Labute approximate surface area is 143 Å². The van der Waals surface area contributed by atoms with E-state index in [0.29, 0.717) is 11.4 Å². The van der Waals surface area contributed by atoms with Crippen molar-refractivity contribution in [3.05, 3.63) is 70.7 Å². The maximum absolute atomic E-state index is 14.2. The Balaban J connectivity index is 2.10. The number of carbonyl (C=O) groups is 1. The van der Waals surface area contributed by atoms with Crippen molar-refractivity contribution in [1.29, 1.82) is 0 Å². The fourth-order valence-electron chi connectivity index (χ4n) is 2.46. The van der Waals surface area contributed by atoms with Crippen molar-refractivity contribution in [2.24, 2.45) is 0 Å². The van der Waals surface area contributed by atoms with Crippen LogP contribution in [0.3, 0.4) is 0 Å². The van der Waals surface area contributed by atoms with Crippen molar-refractivity contribution in [1.82, 2.24) is 5.16 Å². The molecule has 0 spiro atoms. The lowest BCUT2D eigenvalue weighted by atomic mass is 10.0. The highest BCUT2D eigenvalue weighted by Crippen LogP contribution is 2.34. The van der Waals surface area contributed by atoms with Gasteiger partial charge in [0.2, 0.25) is 0 Å². The van der Waals surface area contributed by atoms with Gasteiger partial charge in [-0.2, -0.15) is 0 Å². The van der Waals surface area contributed by atoms with E-state index in [9.17, 15) is 9.18 Å². The highest BCUT2D eigenvalue weighted by molar-refractivity contribution is 6.33. The second-order valence-corrected chi connectivity index (χ2v) is 5.67. The summed E-state index contributed by atoms with van der Waals surface area (Å²) in [6.07, 6.45) is 0. The number of halogens is 2. The molecule has 0 atom stereocenters. The Bertz CT molecular complexity index is 873. The zero-order valence-corrected chi connectivity index (χ0v) is 13.8. The molecule has 24 heavy (non-hydrogen) atoms. The van der Waals surface area contributed by atoms with E-state index in [4.69, 9.17) is 16.1 Å². The Morgan fingerprint density at radius 1 is 1.17 bits per heavy atom. The summed E-state index contributed by atoms with van der Waals surface area (Å²) in [7, 11) is 1.64. The average Bonchev–Trinajstić information content (AvgIpc) is 2.95. The summed E-state index contributed by atoms with van der Waals surface area (Å²) in [6, 6.07) is 13.4. The predicted molar refractivity (Wildman–Crippen MR) is 90.8 cm³/mol. The van der Waals surface area contributed by atoms with Crippen LogP contribution < -0.4 is 4.90 Å².